The molecule has 0 saturated carbocycles. The summed E-state index contributed by atoms with van der Waals surface area (Å²) in [5.74, 6) is 15.2. The van der Waals surface area contributed by atoms with Gasteiger partial charge in [-0.3, -0.25) is 4.79 Å². The number of esters is 1. The van der Waals surface area contributed by atoms with Crippen molar-refractivity contribution in [3.8, 4) is 35.1 Å². The van der Waals surface area contributed by atoms with Crippen molar-refractivity contribution in [3.63, 3.8) is 0 Å². The largest absolute Gasteiger partial charge is 0.445 e. The molecule has 1 rings (SSSR count). The third-order valence-corrected chi connectivity index (χ3v) is 11.0. The van der Waals surface area contributed by atoms with Gasteiger partial charge < -0.3 is 9.16 Å². The smallest absolute Gasteiger partial charge is 0.304 e. The van der Waals surface area contributed by atoms with Crippen LogP contribution in [0.15, 0.2) is 11.1 Å². The van der Waals surface area contributed by atoms with Crippen LogP contribution in [0.2, 0.25) is 37.8 Å². The number of hydrogen-bond acceptors (Lipinski definition) is 3. The molecule has 0 aliphatic heterocycles. The zero-order valence-corrected chi connectivity index (χ0v) is 23.0. The van der Waals surface area contributed by atoms with Crippen molar-refractivity contribution in [2.45, 2.75) is 104 Å². The van der Waals surface area contributed by atoms with Crippen LogP contribution in [0.5, 0.6) is 0 Å². The van der Waals surface area contributed by atoms with E-state index >= 15 is 0 Å². The van der Waals surface area contributed by atoms with Crippen LogP contribution in [0, 0.1) is 35.1 Å². The molecule has 1 atom stereocenters. The lowest BCUT2D eigenvalue weighted by Gasteiger charge is -2.35. The average molecular weight is 457 g/mol. The molecule has 0 radical (unpaired) electrons. The molecule has 3 nitrogen and oxygen atoms in total. The maximum atomic E-state index is 11.7. The molecule has 1 aliphatic carbocycles. The molecule has 0 N–H and O–H groups in total. The van der Waals surface area contributed by atoms with E-state index < -0.39 is 22.5 Å². The first-order valence-electron chi connectivity index (χ1n) is 11.3. The first kappa shape index (κ1) is 27.3. The number of carbonyl (C=O) groups is 1. The Hall–Kier alpha value is -1.72. The Bertz CT molecular complexity index is 851. The van der Waals surface area contributed by atoms with E-state index in [4.69, 9.17) is 9.16 Å². The van der Waals surface area contributed by atoms with Gasteiger partial charge in [0.1, 0.15) is 8.07 Å². The summed E-state index contributed by atoms with van der Waals surface area (Å²) in [6.07, 6.45) is 4.13. The molecule has 0 bridgehead atoms. The van der Waals surface area contributed by atoms with Crippen molar-refractivity contribution in [2.24, 2.45) is 0 Å². The number of hydrogen-bond donors (Lipinski definition) is 0. The quantitative estimate of drug-likeness (QED) is 0.217. The molecule has 0 amide bonds. The van der Waals surface area contributed by atoms with E-state index in [-0.39, 0.29) is 11.0 Å². The average Bonchev–Trinajstić information content (AvgIpc) is 2.63. The molecule has 0 aromatic heterocycles. The maximum Gasteiger partial charge on any atom is 0.304 e. The van der Waals surface area contributed by atoms with Crippen molar-refractivity contribution >= 4 is 22.4 Å². The molecule has 5 heteroatoms. The number of ether oxygens (including phenoxy) is 1. The molecule has 0 saturated heterocycles. The zero-order valence-electron chi connectivity index (χ0n) is 21.0. The maximum absolute atomic E-state index is 11.7. The lowest BCUT2D eigenvalue weighted by Crippen LogP contribution is -2.40. The summed E-state index contributed by atoms with van der Waals surface area (Å²) in [6, 6.07) is 0. The van der Waals surface area contributed by atoms with Crippen LogP contribution in [0.3, 0.4) is 0 Å². The second kappa shape index (κ2) is 11.8. The van der Waals surface area contributed by atoms with Gasteiger partial charge >= 0.3 is 5.97 Å². The second-order valence-electron chi connectivity index (χ2n) is 10.6. The van der Waals surface area contributed by atoms with Gasteiger partial charge in [-0.25, -0.2) is 0 Å². The van der Waals surface area contributed by atoms with Crippen LogP contribution < -0.4 is 0 Å². The summed E-state index contributed by atoms with van der Waals surface area (Å²) in [7, 11) is -3.29. The van der Waals surface area contributed by atoms with E-state index in [1.54, 1.807) is 0 Å². The third kappa shape index (κ3) is 10.4. The second-order valence-corrected chi connectivity index (χ2v) is 20.2. The minimum atomic E-state index is -1.72. The summed E-state index contributed by atoms with van der Waals surface area (Å²) < 4.78 is 11.7. The van der Waals surface area contributed by atoms with Crippen molar-refractivity contribution in [3.05, 3.63) is 11.1 Å². The molecule has 0 aromatic carbocycles. The van der Waals surface area contributed by atoms with Crippen molar-refractivity contribution in [1.82, 2.24) is 0 Å². The molecule has 170 valence electrons. The molecular formula is C26H40O3Si2. The van der Waals surface area contributed by atoms with Gasteiger partial charge in [-0.05, 0) is 61.2 Å². The Morgan fingerprint density at radius 2 is 1.71 bits per heavy atom. The molecular weight excluding hydrogens is 416 g/mol. The lowest BCUT2D eigenvalue weighted by atomic mass is 9.89. The summed E-state index contributed by atoms with van der Waals surface area (Å²) >= 11 is 0. The van der Waals surface area contributed by atoms with Crippen LogP contribution in [0.1, 0.15) is 59.8 Å². The van der Waals surface area contributed by atoms with Crippen molar-refractivity contribution in [1.29, 1.82) is 0 Å². The summed E-state index contributed by atoms with van der Waals surface area (Å²) in [4.78, 5) is 11.7. The zero-order chi connectivity index (χ0) is 23.7. The highest BCUT2D eigenvalue weighted by atomic mass is 28.4. The summed E-state index contributed by atoms with van der Waals surface area (Å²) in [5.41, 5.74) is 5.44. The van der Waals surface area contributed by atoms with Crippen LogP contribution in [0.25, 0.3) is 0 Å². The first-order valence-corrected chi connectivity index (χ1v) is 17.7. The fraction of sp³-hybridized carbons (Fsp3) is 0.654. The summed E-state index contributed by atoms with van der Waals surface area (Å²) in [6.45, 7) is 19.9. The van der Waals surface area contributed by atoms with Crippen LogP contribution in [0.4, 0.5) is 0 Å². The molecule has 0 fully saturated rings. The summed E-state index contributed by atoms with van der Waals surface area (Å²) in [5, 5.41) is 0.209. The van der Waals surface area contributed by atoms with E-state index in [0.29, 0.717) is 13.0 Å². The van der Waals surface area contributed by atoms with E-state index in [9.17, 15) is 4.79 Å². The highest BCUT2D eigenvalue weighted by Crippen LogP contribution is 2.36. The van der Waals surface area contributed by atoms with Crippen LogP contribution in [-0.4, -0.2) is 35.1 Å². The lowest BCUT2D eigenvalue weighted by molar-refractivity contribution is -0.142. The van der Waals surface area contributed by atoms with E-state index in [2.05, 4.69) is 88.7 Å². The number of rotatable bonds is 5. The molecule has 1 aliphatic rings. The van der Waals surface area contributed by atoms with Gasteiger partial charge in [0.15, 0.2) is 14.4 Å². The van der Waals surface area contributed by atoms with Gasteiger partial charge in [0.05, 0.1) is 0 Å². The molecule has 1 unspecified atom stereocenters. The molecule has 0 aromatic rings. The fourth-order valence-corrected chi connectivity index (χ4v) is 4.39. The van der Waals surface area contributed by atoms with Crippen molar-refractivity contribution in [2.75, 3.05) is 6.61 Å². The molecule has 31 heavy (non-hydrogen) atoms. The topological polar surface area (TPSA) is 35.5 Å². The van der Waals surface area contributed by atoms with Gasteiger partial charge in [0.25, 0.3) is 0 Å². The fourth-order valence-electron chi connectivity index (χ4n) is 2.78. The van der Waals surface area contributed by atoms with Gasteiger partial charge in [-0.2, -0.15) is 0 Å². The van der Waals surface area contributed by atoms with Crippen LogP contribution >= 0.6 is 0 Å². The Balaban J connectivity index is 2.92. The van der Waals surface area contributed by atoms with E-state index in [0.717, 1.165) is 36.8 Å². The predicted molar refractivity (Wildman–Crippen MR) is 135 cm³/mol. The Morgan fingerprint density at radius 1 is 1.06 bits per heavy atom. The monoisotopic (exact) mass is 456 g/mol. The minimum absolute atomic E-state index is 0.209. The third-order valence-electron chi connectivity index (χ3n) is 5.55. The van der Waals surface area contributed by atoms with Gasteiger partial charge in [-0.1, -0.05) is 58.2 Å². The van der Waals surface area contributed by atoms with E-state index in [1.165, 1.54) is 6.92 Å². The Kier molecular flexibility index (Phi) is 10.4. The standard InChI is InChI=1S/C26H40O3Si2/c1-22(27)29-25(19-21-30(5,6)7)24-18-14-13-17-23(24)16-12-10-11-15-20-28-31(8,9)26(2,3)4/h25H,13-15,17-18,20H2,1-9H3. The Labute approximate surface area is 192 Å². The van der Waals surface area contributed by atoms with Gasteiger partial charge in [-0.15, -0.1) is 5.54 Å². The number of carbonyl (C=O) groups excluding carboxylic acids is 1. The highest BCUT2D eigenvalue weighted by molar-refractivity contribution is 6.83. The van der Waals surface area contributed by atoms with E-state index in [1.807, 2.05) is 0 Å². The van der Waals surface area contributed by atoms with Crippen LogP contribution in [-0.2, 0) is 14.0 Å². The predicted octanol–water partition coefficient (Wildman–Crippen LogP) is 6.09. The minimum Gasteiger partial charge on any atom is -0.445 e. The van der Waals surface area contributed by atoms with Gasteiger partial charge in [0, 0.05) is 25.5 Å². The van der Waals surface area contributed by atoms with Crippen molar-refractivity contribution < 1.29 is 14.0 Å². The normalized spacial score (nSPS) is 15.5. The number of allylic oxidation sites excluding steroid dienone is 1. The highest BCUT2D eigenvalue weighted by Gasteiger charge is 2.36. The SMILES string of the molecule is CC(=O)OC(C#C[Si](C)(C)C)C1=C(C#CC#CCCO[Si](C)(C)C(C)(C)C)CCCC1. The Morgan fingerprint density at radius 3 is 2.29 bits per heavy atom. The molecule has 0 spiro atoms. The first-order chi connectivity index (χ1) is 14.2. The van der Waals surface area contributed by atoms with Gasteiger partial charge in [0.2, 0.25) is 0 Å². The molecule has 0 heterocycles.